The normalized spacial score (nSPS) is 10.9. The van der Waals surface area contributed by atoms with Crippen molar-refractivity contribution in [2.45, 2.75) is 52.4 Å². The van der Waals surface area contributed by atoms with E-state index in [1.165, 1.54) is 0 Å². The maximum Gasteiger partial charge on any atom is 0.115 e. The third-order valence-electron chi connectivity index (χ3n) is 4.86. The lowest BCUT2D eigenvalue weighted by atomic mass is 10.0. The van der Waals surface area contributed by atoms with Crippen molar-refractivity contribution in [1.29, 1.82) is 0 Å². The molecule has 2 N–H and O–H groups in total. The lowest BCUT2D eigenvalue weighted by Gasteiger charge is -2.15. The first-order valence-corrected chi connectivity index (χ1v) is 10.1. The fourth-order valence-corrected chi connectivity index (χ4v) is 3.24. The van der Waals surface area contributed by atoms with Gasteiger partial charge in [0.1, 0.15) is 11.5 Å². The molecule has 146 valence electrons. The van der Waals surface area contributed by atoms with Gasteiger partial charge in [-0.1, -0.05) is 26.7 Å². The zero-order valence-corrected chi connectivity index (χ0v) is 16.7. The van der Waals surface area contributed by atoms with Crippen molar-refractivity contribution in [1.82, 2.24) is 9.97 Å². The van der Waals surface area contributed by atoms with Crippen LogP contribution in [0.4, 0.5) is 0 Å². The van der Waals surface area contributed by atoms with Gasteiger partial charge in [-0.25, -0.2) is 9.97 Å². The second-order valence-corrected chi connectivity index (χ2v) is 7.12. The average molecular weight is 377 g/mol. The van der Waals surface area contributed by atoms with Gasteiger partial charge in [-0.05, 0) is 74.2 Å². The van der Waals surface area contributed by atoms with Gasteiger partial charge in [-0.15, -0.1) is 0 Å². The van der Waals surface area contributed by atoms with Crippen LogP contribution in [0.3, 0.4) is 0 Å². The summed E-state index contributed by atoms with van der Waals surface area (Å²) >= 11 is 0. The highest BCUT2D eigenvalue weighted by atomic mass is 16.3. The van der Waals surface area contributed by atoms with Crippen molar-refractivity contribution >= 4 is 0 Å². The molecule has 0 aliphatic carbocycles. The summed E-state index contributed by atoms with van der Waals surface area (Å²) in [5.74, 6) is 0.498. The first-order valence-electron chi connectivity index (χ1n) is 10.1. The molecule has 0 atom stereocenters. The van der Waals surface area contributed by atoms with Crippen LogP contribution in [0.2, 0.25) is 0 Å². The fraction of sp³-hybridized carbons (Fsp3) is 0.333. The highest BCUT2D eigenvalue weighted by molar-refractivity contribution is 5.68. The second kappa shape index (κ2) is 9.36. The van der Waals surface area contributed by atoms with Crippen LogP contribution in [0, 0.1) is 0 Å². The van der Waals surface area contributed by atoms with Crippen LogP contribution in [-0.2, 0) is 12.8 Å². The average Bonchev–Trinajstić information content (AvgIpc) is 2.72. The SMILES string of the molecule is CCCCc1nc(-c2ccc(O)cc2)c(CCCC)nc1-c1ccc(O)cc1. The van der Waals surface area contributed by atoms with Gasteiger partial charge >= 0.3 is 0 Å². The van der Waals surface area contributed by atoms with Crippen molar-refractivity contribution < 1.29 is 10.2 Å². The highest BCUT2D eigenvalue weighted by Gasteiger charge is 2.16. The zero-order valence-electron chi connectivity index (χ0n) is 16.7. The Bertz CT molecular complexity index is 826. The molecule has 2 aromatic carbocycles. The van der Waals surface area contributed by atoms with Gasteiger partial charge in [0.15, 0.2) is 0 Å². The number of benzene rings is 2. The van der Waals surface area contributed by atoms with E-state index < -0.39 is 0 Å². The molecule has 1 heterocycles. The molecule has 3 aromatic rings. The van der Waals surface area contributed by atoms with E-state index in [1.54, 1.807) is 24.3 Å². The molecule has 0 radical (unpaired) electrons. The van der Waals surface area contributed by atoms with E-state index in [0.717, 1.165) is 72.4 Å². The van der Waals surface area contributed by atoms with Crippen molar-refractivity contribution in [3.63, 3.8) is 0 Å². The number of unbranched alkanes of at least 4 members (excludes halogenated alkanes) is 2. The molecule has 4 heteroatoms. The van der Waals surface area contributed by atoms with Gasteiger partial charge in [0.2, 0.25) is 0 Å². The highest BCUT2D eigenvalue weighted by Crippen LogP contribution is 2.30. The number of aromatic hydroxyl groups is 2. The molecule has 0 bridgehead atoms. The number of aryl methyl sites for hydroxylation is 2. The molecule has 28 heavy (non-hydrogen) atoms. The predicted octanol–water partition coefficient (Wildman–Crippen LogP) is 5.91. The van der Waals surface area contributed by atoms with E-state index in [2.05, 4.69) is 13.8 Å². The van der Waals surface area contributed by atoms with Crippen LogP contribution in [-0.4, -0.2) is 20.2 Å². The van der Waals surface area contributed by atoms with Crippen LogP contribution in [0.1, 0.15) is 50.9 Å². The summed E-state index contributed by atoms with van der Waals surface area (Å²) in [7, 11) is 0. The molecule has 0 amide bonds. The minimum atomic E-state index is 0.249. The quantitative estimate of drug-likeness (QED) is 0.513. The molecule has 0 unspecified atom stereocenters. The van der Waals surface area contributed by atoms with Crippen LogP contribution in [0.15, 0.2) is 48.5 Å². The molecule has 1 aromatic heterocycles. The Morgan fingerprint density at radius 2 is 0.964 bits per heavy atom. The molecular formula is C24H28N2O2. The van der Waals surface area contributed by atoms with Crippen LogP contribution >= 0.6 is 0 Å². The van der Waals surface area contributed by atoms with Gasteiger partial charge in [0.25, 0.3) is 0 Å². The van der Waals surface area contributed by atoms with E-state index in [1.807, 2.05) is 24.3 Å². The summed E-state index contributed by atoms with van der Waals surface area (Å²) in [6.45, 7) is 4.34. The van der Waals surface area contributed by atoms with Gasteiger partial charge in [-0.2, -0.15) is 0 Å². The first-order chi connectivity index (χ1) is 13.6. The third-order valence-corrected chi connectivity index (χ3v) is 4.86. The van der Waals surface area contributed by atoms with E-state index in [0.29, 0.717) is 0 Å². The topological polar surface area (TPSA) is 66.2 Å². The number of aromatic nitrogens is 2. The lowest BCUT2D eigenvalue weighted by Crippen LogP contribution is -2.06. The van der Waals surface area contributed by atoms with Crippen LogP contribution in [0.25, 0.3) is 22.5 Å². The van der Waals surface area contributed by atoms with Crippen molar-refractivity contribution in [3.05, 3.63) is 59.9 Å². The lowest BCUT2D eigenvalue weighted by molar-refractivity contribution is 0.475. The van der Waals surface area contributed by atoms with Gasteiger partial charge < -0.3 is 10.2 Å². The number of nitrogens with zero attached hydrogens (tertiary/aromatic N) is 2. The van der Waals surface area contributed by atoms with E-state index in [9.17, 15) is 10.2 Å². The van der Waals surface area contributed by atoms with Crippen molar-refractivity contribution in [2.24, 2.45) is 0 Å². The minimum absolute atomic E-state index is 0.249. The van der Waals surface area contributed by atoms with Crippen LogP contribution < -0.4 is 0 Å². The molecule has 0 aliphatic rings. The Morgan fingerprint density at radius 1 is 0.607 bits per heavy atom. The van der Waals surface area contributed by atoms with Gasteiger partial charge in [0, 0.05) is 11.1 Å². The van der Waals surface area contributed by atoms with E-state index >= 15 is 0 Å². The number of phenolic OH excluding ortho intramolecular Hbond substituents is 2. The number of hydrogen-bond acceptors (Lipinski definition) is 4. The summed E-state index contributed by atoms with van der Waals surface area (Å²) in [5, 5.41) is 19.3. The zero-order chi connectivity index (χ0) is 19.9. The monoisotopic (exact) mass is 376 g/mol. The summed E-state index contributed by atoms with van der Waals surface area (Å²) in [5.41, 5.74) is 5.73. The molecule has 0 fully saturated rings. The maximum absolute atomic E-state index is 9.64. The summed E-state index contributed by atoms with van der Waals surface area (Å²) in [6.07, 6.45) is 5.98. The third kappa shape index (κ3) is 4.69. The molecule has 0 aliphatic heterocycles. The van der Waals surface area contributed by atoms with Crippen molar-refractivity contribution in [2.75, 3.05) is 0 Å². The maximum atomic E-state index is 9.64. The largest absolute Gasteiger partial charge is 0.508 e. The van der Waals surface area contributed by atoms with E-state index in [4.69, 9.17) is 9.97 Å². The predicted molar refractivity (Wildman–Crippen MR) is 113 cm³/mol. The Balaban J connectivity index is 2.15. The molecule has 4 nitrogen and oxygen atoms in total. The Kier molecular flexibility index (Phi) is 6.64. The Hall–Kier alpha value is -2.88. The minimum Gasteiger partial charge on any atom is -0.508 e. The van der Waals surface area contributed by atoms with Gasteiger partial charge in [-0.3, -0.25) is 0 Å². The Labute approximate surface area is 166 Å². The summed E-state index contributed by atoms with van der Waals surface area (Å²) in [6, 6.07) is 14.4. The Morgan fingerprint density at radius 3 is 1.29 bits per heavy atom. The molecule has 0 saturated heterocycles. The standard InChI is InChI=1S/C24H28N2O2/c1-3-5-7-21-23(17-9-13-19(27)14-10-17)26-22(8-6-4-2)24(25-21)18-11-15-20(28)16-12-18/h9-16,27-28H,3-8H2,1-2H3. The van der Waals surface area contributed by atoms with Crippen LogP contribution in [0.5, 0.6) is 11.5 Å². The molecular weight excluding hydrogens is 348 g/mol. The number of hydrogen-bond donors (Lipinski definition) is 2. The van der Waals surface area contributed by atoms with Gasteiger partial charge in [0.05, 0.1) is 22.8 Å². The number of phenols is 2. The fourth-order valence-electron chi connectivity index (χ4n) is 3.24. The molecule has 3 rings (SSSR count). The molecule has 0 saturated carbocycles. The molecule has 0 spiro atoms. The van der Waals surface area contributed by atoms with Crippen molar-refractivity contribution in [3.8, 4) is 34.0 Å². The number of rotatable bonds is 8. The van der Waals surface area contributed by atoms with E-state index in [-0.39, 0.29) is 11.5 Å². The summed E-state index contributed by atoms with van der Waals surface area (Å²) in [4.78, 5) is 10.1. The summed E-state index contributed by atoms with van der Waals surface area (Å²) < 4.78 is 0. The smallest absolute Gasteiger partial charge is 0.115 e. The second-order valence-electron chi connectivity index (χ2n) is 7.12. The first kappa shape index (κ1) is 19.9.